The fourth-order valence-electron chi connectivity index (χ4n) is 1.01. The fraction of sp³-hybridized carbons (Fsp3) is 0.800. The molecule has 86 valence electrons. The number of nitrogens with one attached hydrogen (secondary N) is 1. The van der Waals surface area contributed by atoms with Crippen LogP contribution < -0.4 is 5.32 Å². The van der Waals surface area contributed by atoms with E-state index in [1.807, 2.05) is 0 Å². The molecule has 0 fully saturated rings. The lowest BCUT2D eigenvalue weighted by Gasteiger charge is -2.13. The number of anilines is 1. The Bertz CT molecular complexity index is 302. The summed E-state index contributed by atoms with van der Waals surface area (Å²) in [7, 11) is 0. The Hall–Kier alpha value is -0.350. The molecule has 1 rings (SSSR count). The van der Waals surface area contributed by atoms with E-state index in [0.29, 0.717) is 5.88 Å². The minimum Gasteiger partial charge on any atom is -0.356 e. The van der Waals surface area contributed by atoms with Crippen LogP contribution in [0.5, 0.6) is 0 Å². The van der Waals surface area contributed by atoms with Crippen LogP contribution >= 0.6 is 23.1 Å². The lowest BCUT2D eigenvalue weighted by molar-refractivity contribution is 0.555. The molecule has 1 heterocycles. The van der Waals surface area contributed by atoms with Gasteiger partial charge < -0.3 is 5.32 Å². The summed E-state index contributed by atoms with van der Waals surface area (Å²) in [5.74, 6) is 1.49. The molecule has 0 spiro atoms. The first kappa shape index (κ1) is 12.7. The highest BCUT2D eigenvalue weighted by Crippen LogP contribution is 2.23. The van der Waals surface area contributed by atoms with Gasteiger partial charge in [0.05, 0.1) is 0 Å². The SMILES string of the molecule is CCC(CCl)Nc1nc(C(C)(C)C)ns1. The molecule has 0 amide bonds. The summed E-state index contributed by atoms with van der Waals surface area (Å²) in [4.78, 5) is 4.45. The van der Waals surface area contributed by atoms with Crippen molar-refractivity contribution in [1.82, 2.24) is 9.36 Å². The van der Waals surface area contributed by atoms with Crippen LogP contribution in [0.2, 0.25) is 0 Å². The Kier molecular flexibility index (Phi) is 4.34. The van der Waals surface area contributed by atoms with Crippen molar-refractivity contribution in [2.24, 2.45) is 0 Å². The minimum absolute atomic E-state index is 0.0130. The van der Waals surface area contributed by atoms with Crippen molar-refractivity contribution in [2.75, 3.05) is 11.2 Å². The highest BCUT2D eigenvalue weighted by Gasteiger charge is 2.20. The molecule has 0 bridgehead atoms. The molecule has 0 aromatic carbocycles. The van der Waals surface area contributed by atoms with E-state index in [0.717, 1.165) is 17.4 Å². The maximum Gasteiger partial charge on any atom is 0.202 e. The standard InChI is InChI=1S/C10H18ClN3S/c1-5-7(6-11)12-9-13-8(14-15-9)10(2,3)4/h7H,5-6H2,1-4H3,(H,12,13,14). The number of aromatic nitrogens is 2. The molecule has 3 nitrogen and oxygen atoms in total. The van der Waals surface area contributed by atoms with E-state index in [1.165, 1.54) is 11.5 Å². The second-order valence-corrected chi connectivity index (χ2v) is 5.64. The molecule has 15 heavy (non-hydrogen) atoms. The quantitative estimate of drug-likeness (QED) is 0.830. The third kappa shape index (κ3) is 3.61. The summed E-state index contributed by atoms with van der Waals surface area (Å²) < 4.78 is 4.33. The van der Waals surface area contributed by atoms with Crippen molar-refractivity contribution < 1.29 is 0 Å². The van der Waals surface area contributed by atoms with Crippen LogP contribution in [0.25, 0.3) is 0 Å². The molecule has 5 heteroatoms. The number of hydrogen-bond acceptors (Lipinski definition) is 4. The fourth-order valence-corrected chi connectivity index (χ4v) is 2.14. The first-order valence-electron chi connectivity index (χ1n) is 5.14. The minimum atomic E-state index is 0.0130. The van der Waals surface area contributed by atoms with Gasteiger partial charge in [-0.1, -0.05) is 27.7 Å². The van der Waals surface area contributed by atoms with E-state index in [4.69, 9.17) is 11.6 Å². The summed E-state index contributed by atoms with van der Waals surface area (Å²) in [6.45, 7) is 8.43. The van der Waals surface area contributed by atoms with Crippen molar-refractivity contribution in [1.29, 1.82) is 0 Å². The van der Waals surface area contributed by atoms with Gasteiger partial charge in [0.1, 0.15) is 5.82 Å². The highest BCUT2D eigenvalue weighted by molar-refractivity contribution is 7.09. The Balaban J connectivity index is 2.68. The molecule has 0 radical (unpaired) electrons. The molecular formula is C10H18ClN3S. The Morgan fingerprint density at radius 1 is 1.47 bits per heavy atom. The van der Waals surface area contributed by atoms with Gasteiger partial charge in [-0.15, -0.1) is 11.6 Å². The van der Waals surface area contributed by atoms with Crippen LogP contribution in [0.1, 0.15) is 39.9 Å². The average Bonchev–Trinajstić information content (AvgIpc) is 2.61. The zero-order chi connectivity index (χ0) is 11.5. The van der Waals surface area contributed by atoms with Crippen molar-refractivity contribution in [3.63, 3.8) is 0 Å². The van der Waals surface area contributed by atoms with Crippen molar-refractivity contribution in [3.8, 4) is 0 Å². The van der Waals surface area contributed by atoms with E-state index >= 15 is 0 Å². The van der Waals surface area contributed by atoms with Crippen molar-refractivity contribution in [3.05, 3.63) is 5.82 Å². The second-order valence-electron chi connectivity index (χ2n) is 4.58. The van der Waals surface area contributed by atoms with E-state index in [9.17, 15) is 0 Å². The summed E-state index contributed by atoms with van der Waals surface area (Å²) in [5, 5.41) is 4.15. The molecule has 0 saturated heterocycles. The van der Waals surface area contributed by atoms with Gasteiger partial charge in [0.25, 0.3) is 0 Å². The van der Waals surface area contributed by atoms with Gasteiger partial charge in [0.15, 0.2) is 0 Å². The van der Waals surface area contributed by atoms with Gasteiger partial charge >= 0.3 is 0 Å². The Morgan fingerprint density at radius 3 is 2.53 bits per heavy atom. The summed E-state index contributed by atoms with van der Waals surface area (Å²) >= 11 is 7.21. The lowest BCUT2D eigenvalue weighted by atomic mass is 9.96. The first-order chi connectivity index (χ1) is 6.97. The lowest BCUT2D eigenvalue weighted by Crippen LogP contribution is -2.20. The van der Waals surface area contributed by atoms with Crippen molar-refractivity contribution in [2.45, 2.75) is 45.6 Å². The third-order valence-corrected chi connectivity index (χ3v) is 3.12. The van der Waals surface area contributed by atoms with Crippen LogP contribution in [-0.4, -0.2) is 21.3 Å². The van der Waals surface area contributed by atoms with Crippen molar-refractivity contribution >= 4 is 28.3 Å². The van der Waals surface area contributed by atoms with Gasteiger partial charge in [0.2, 0.25) is 5.13 Å². The summed E-state index contributed by atoms with van der Waals surface area (Å²) in [5.41, 5.74) is 0.0130. The van der Waals surface area contributed by atoms with E-state index in [1.54, 1.807) is 0 Å². The van der Waals surface area contributed by atoms with Crippen LogP contribution in [-0.2, 0) is 5.41 Å². The smallest absolute Gasteiger partial charge is 0.202 e. The largest absolute Gasteiger partial charge is 0.356 e. The predicted molar refractivity (Wildman–Crippen MR) is 67.0 cm³/mol. The molecular weight excluding hydrogens is 230 g/mol. The van der Waals surface area contributed by atoms with Crippen LogP contribution in [0.3, 0.4) is 0 Å². The Morgan fingerprint density at radius 2 is 2.13 bits per heavy atom. The number of rotatable bonds is 4. The topological polar surface area (TPSA) is 37.8 Å². The zero-order valence-corrected chi connectivity index (χ0v) is 11.2. The van der Waals surface area contributed by atoms with Gasteiger partial charge in [-0.3, -0.25) is 0 Å². The average molecular weight is 248 g/mol. The molecule has 1 aromatic rings. The molecule has 0 aliphatic heterocycles. The number of alkyl halides is 1. The number of halogens is 1. The molecule has 1 N–H and O–H groups in total. The predicted octanol–water partition coefficient (Wildman–Crippen LogP) is 3.26. The monoisotopic (exact) mass is 247 g/mol. The van der Waals surface area contributed by atoms with Crippen LogP contribution in [0.15, 0.2) is 0 Å². The van der Waals surface area contributed by atoms with Crippen LogP contribution in [0.4, 0.5) is 5.13 Å². The first-order valence-corrected chi connectivity index (χ1v) is 6.44. The van der Waals surface area contributed by atoms with Gasteiger partial charge in [-0.25, -0.2) is 4.98 Å². The molecule has 1 aromatic heterocycles. The van der Waals surface area contributed by atoms with E-state index in [2.05, 4.69) is 42.4 Å². The molecule has 1 unspecified atom stereocenters. The highest BCUT2D eigenvalue weighted by atomic mass is 35.5. The van der Waals surface area contributed by atoms with Gasteiger partial charge in [-0.05, 0) is 6.42 Å². The maximum absolute atomic E-state index is 5.81. The maximum atomic E-state index is 5.81. The number of nitrogens with zero attached hydrogens (tertiary/aromatic N) is 2. The molecule has 0 saturated carbocycles. The molecule has 0 aliphatic carbocycles. The second kappa shape index (κ2) is 5.12. The normalized spacial score (nSPS) is 13.9. The molecule has 0 aliphatic rings. The summed E-state index contributed by atoms with van der Waals surface area (Å²) in [6, 6.07) is 0.285. The zero-order valence-electron chi connectivity index (χ0n) is 9.67. The van der Waals surface area contributed by atoms with Gasteiger partial charge in [0, 0.05) is 28.9 Å². The van der Waals surface area contributed by atoms with Gasteiger partial charge in [-0.2, -0.15) is 4.37 Å². The van der Waals surface area contributed by atoms with E-state index < -0.39 is 0 Å². The van der Waals surface area contributed by atoms with Crippen LogP contribution in [0, 0.1) is 0 Å². The third-order valence-electron chi connectivity index (χ3n) is 2.10. The Labute approximate surface area is 100 Å². The molecule has 1 atom stereocenters. The summed E-state index contributed by atoms with van der Waals surface area (Å²) in [6.07, 6.45) is 0.994. The number of hydrogen-bond donors (Lipinski definition) is 1. The van der Waals surface area contributed by atoms with E-state index in [-0.39, 0.29) is 11.5 Å².